The van der Waals surface area contributed by atoms with Gasteiger partial charge in [0.1, 0.15) is 17.7 Å². The Labute approximate surface area is 197 Å². The highest BCUT2D eigenvalue weighted by Crippen LogP contribution is 2.32. The van der Waals surface area contributed by atoms with Gasteiger partial charge in [-0.25, -0.2) is 22.1 Å². The number of halogens is 5. The molecule has 2 aromatic carbocycles. The molecule has 0 radical (unpaired) electrons. The molecule has 0 aliphatic heterocycles. The Balaban J connectivity index is 1.66. The number of pyridine rings is 1. The van der Waals surface area contributed by atoms with E-state index in [4.69, 9.17) is 20.1 Å². The Hall–Kier alpha value is -3.70. The van der Waals surface area contributed by atoms with Crippen LogP contribution in [-0.2, 0) is 0 Å². The first-order valence-electron chi connectivity index (χ1n) is 10.6. The molecule has 2 heterocycles. The van der Waals surface area contributed by atoms with Crippen molar-refractivity contribution in [2.24, 2.45) is 0 Å². The van der Waals surface area contributed by atoms with E-state index in [0.29, 0.717) is 0 Å². The quantitative estimate of drug-likeness (QED) is 0.351. The number of nitrogens with zero attached hydrogens (tertiary/aromatic N) is 3. The lowest BCUT2D eigenvalue weighted by atomic mass is 10.0. The van der Waals surface area contributed by atoms with Crippen molar-refractivity contribution in [2.45, 2.75) is 12.0 Å². The third-order valence-electron chi connectivity index (χ3n) is 4.85. The van der Waals surface area contributed by atoms with Gasteiger partial charge < -0.3 is 16.2 Å². The average Bonchev–Trinajstić information content (AvgIpc) is 3.18. The Kier molecular flexibility index (Phi) is 5.47. The van der Waals surface area contributed by atoms with E-state index in [2.05, 4.69) is 10.1 Å². The fraction of sp³-hybridized carbons (Fsp3) is 0.136. The minimum atomic E-state index is -4.61. The van der Waals surface area contributed by atoms with Crippen LogP contribution in [0.15, 0.2) is 54.7 Å². The van der Waals surface area contributed by atoms with Gasteiger partial charge in [-0.1, -0.05) is 23.7 Å². The fourth-order valence-electron chi connectivity index (χ4n) is 3.18. The van der Waals surface area contributed by atoms with Crippen molar-refractivity contribution in [2.75, 3.05) is 12.2 Å². The number of nitrogens with two attached hydrogens (primary N) is 1. The molecular formula is C22H16ClF4N5O2. The molecular weight excluding hydrogens is 478 g/mol. The molecule has 0 saturated heterocycles. The predicted octanol–water partition coefficient (Wildman–Crippen LogP) is 4.01. The predicted molar refractivity (Wildman–Crippen MR) is 116 cm³/mol. The summed E-state index contributed by atoms with van der Waals surface area (Å²) in [5.41, 5.74) is 4.45. The van der Waals surface area contributed by atoms with Crippen LogP contribution in [0.3, 0.4) is 0 Å². The number of aromatic nitrogens is 3. The molecule has 12 heteroatoms. The van der Waals surface area contributed by atoms with Crippen molar-refractivity contribution in [1.29, 1.82) is 0 Å². The lowest BCUT2D eigenvalue weighted by molar-refractivity contribution is -0.106. The highest BCUT2D eigenvalue weighted by Gasteiger charge is 2.40. The smallest absolute Gasteiger partial charge is 0.294 e. The number of hydrogen-bond acceptors (Lipinski definition) is 5. The number of aliphatic hydroxyl groups excluding tert-OH is 1. The normalized spacial score (nSPS) is 13.9. The third kappa shape index (κ3) is 4.52. The molecule has 1 atom stereocenters. The van der Waals surface area contributed by atoms with Gasteiger partial charge in [-0.3, -0.25) is 4.79 Å². The van der Waals surface area contributed by atoms with Gasteiger partial charge in [0.25, 0.3) is 11.8 Å². The van der Waals surface area contributed by atoms with Crippen LogP contribution in [-0.4, -0.2) is 38.0 Å². The van der Waals surface area contributed by atoms with Gasteiger partial charge >= 0.3 is 0 Å². The first kappa shape index (κ1) is 20.9. The van der Waals surface area contributed by atoms with E-state index in [0.717, 1.165) is 30.3 Å². The molecule has 4 aromatic rings. The topological polar surface area (TPSA) is 106 Å². The van der Waals surface area contributed by atoms with Gasteiger partial charge in [0.05, 0.1) is 19.8 Å². The summed E-state index contributed by atoms with van der Waals surface area (Å²) in [4.78, 5) is 16.7. The molecule has 1 unspecified atom stereocenters. The molecule has 1 amide bonds. The van der Waals surface area contributed by atoms with Crippen molar-refractivity contribution in [3.63, 3.8) is 0 Å². The maximum Gasteiger partial charge on any atom is 0.294 e. The minimum Gasteiger partial charge on any atom is -0.382 e. The van der Waals surface area contributed by atoms with E-state index in [1.807, 2.05) is 0 Å². The molecule has 0 aliphatic rings. The second kappa shape index (κ2) is 8.92. The zero-order valence-corrected chi connectivity index (χ0v) is 17.7. The number of carbonyl (C=O) groups excluding carboxylic acids is 1. The van der Waals surface area contributed by atoms with Gasteiger partial charge in [0, 0.05) is 11.8 Å². The number of fused-ring (bicyclic) bond motifs is 1. The summed E-state index contributed by atoms with van der Waals surface area (Å²) in [5, 5.41) is 14.9. The zero-order chi connectivity index (χ0) is 26.4. The number of aliphatic hydroxyl groups is 1. The Morgan fingerprint density at radius 3 is 2.65 bits per heavy atom. The third-order valence-corrected chi connectivity index (χ3v) is 5.17. The lowest BCUT2D eigenvalue weighted by Gasteiger charge is -2.23. The highest BCUT2D eigenvalue weighted by molar-refractivity contribution is 6.34. The summed E-state index contributed by atoms with van der Waals surface area (Å²) in [6.07, 6.45) is -1.33. The SMILES string of the molecule is [2H]C([2H])(NC(=O)c1c(Cl)ccc(-c2ccn3nc(N)nc3c2)c1F)C(F)(F)C(O)c1ccc(F)cc1. The standard InChI is InChI=1S/C22H16ClF4N5O2/c23-15-6-5-14(12-7-8-32-16(9-12)30-21(28)31-32)18(25)17(15)20(34)29-10-22(26,27)19(33)11-1-3-13(24)4-2-11/h1-9,19,33H,10H2,(H2,28,31)(H,29,34)/i10D2. The van der Waals surface area contributed by atoms with Crippen LogP contribution in [0.4, 0.5) is 23.5 Å². The number of nitrogen functional groups attached to an aromatic ring is 1. The molecule has 0 aliphatic carbocycles. The number of rotatable bonds is 6. The molecule has 0 fully saturated rings. The number of nitrogens with one attached hydrogen (secondary N) is 1. The summed E-state index contributed by atoms with van der Waals surface area (Å²) in [6.45, 7) is -3.87. The van der Waals surface area contributed by atoms with E-state index < -0.39 is 52.2 Å². The molecule has 34 heavy (non-hydrogen) atoms. The van der Waals surface area contributed by atoms with Crippen molar-refractivity contribution in [1.82, 2.24) is 19.9 Å². The highest BCUT2D eigenvalue weighted by atomic mass is 35.5. The maximum atomic E-state index is 15.4. The molecule has 4 N–H and O–H groups in total. The second-order valence-electron chi connectivity index (χ2n) is 7.13. The summed E-state index contributed by atoms with van der Waals surface area (Å²) in [6, 6.07) is 8.49. The van der Waals surface area contributed by atoms with Crippen LogP contribution < -0.4 is 11.1 Å². The molecule has 176 valence electrons. The van der Waals surface area contributed by atoms with Crippen LogP contribution in [0.25, 0.3) is 16.8 Å². The lowest BCUT2D eigenvalue weighted by Crippen LogP contribution is -2.41. The first-order valence-corrected chi connectivity index (χ1v) is 9.94. The van der Waals surface area contributed by atoms with E-state index >= 15 is 4.39 Å². The van der Waals surface area contributed by atoms with Crippen LogP contribution in [0, 0.1) is 11.6 Å². The Bertz CT molecular complexity index is 1470. The van der Waals surface area contributed by atoms with Gasteiger partial charge in [-0.05, 0) is 47.5 Å². The molecule has 4 rings (SSSR count). The van der Waals surface area contributed by atoms with Crippen molar-refractivity contribution in [3.05, 3.63) is 82.5 Å². The Morgan fingerprint density at radius 1 is 1.24 bits per heavy atom. The molecule has 7 nitrogen and oxygen atoms in total. The number of carbonyl (C=O) groups is 1. The minimum absolute atomic E-state index is 0.0326. The Morgan fingerprint density at radius 2 is 1.94 bits per heavy atom. The monoisotopic (exact) mass is 495 g/mol. The summed E-state index contributed by atoms with van der Waals surface area (Å²) in [5.74, 6) is -8.21. The van der Waals surface area contributed by atoms with Gasteiger partial charge in [-0.2, -0.15) is 4.98 Å². The molecule has 0 spiro atoms. The van der Waals surface area contributed by atoms with E-state index in [-0.39, 0.29) is 22.7 Å². The number of hydrogen-bond donors (Lipinski definition) is 3. The largest absolute Gasteiger partial charge is 0.382 e. The summed E-state index contributed by atoms with van der Waals surface area (Å²) >= 11 is 5.96. The van der Waals surface area contributed by atoms with Crippen LogP contribution >= 0.6 is 11.6 Å². The summed E-state index contributed by atoms with van der Waals surface area (Å²) in [7, 11) is 0. The average molecular weight is 496 g/mol. The maximum absolute atomic E-state index is 15.4. The van der Waals surface area contributed by atoms with Gasteiger partial charge in [0.2, 0.25) is 5.95 Å². The van der Waals surface area contributed by atoms with Crippen LogP contribution in [0.2, 0.25) is 5.02 Å². The zero-order valence-electron chi connectivity index (χ0n) is 18.9. The molecule has 0 bridgehead atoms. The van der Waals surface area contributed by atoms with E-state index in [1.54, 1.807) is 0 Å². The van der Waals surface area contributed by atoms with Crippen LogP contribution in [0.5, 0.6) is 0 Å². The number of amides is 1. The van der Waals surface area contributed by atoms with E-state index in [9.17, 15) is 23.1 Å². The number of anilines is 1. The van der Waals surface area contributed by atoms with Gasteiger partial charge in [-0.15, -0.1) is 5.10 Å². The number of benzene rings is 2. The van der Waals surface area contributed by atoms with Crippen molar-refractivity contribution in [3.8, 4) is 11.1 Å². The molecule has 0 saturated carbocycles. The second-order valence-corrected chi connectivity index (χ2v) is 7.54. The van der Waals surface area contributed by atoms with Crippen molar-refractivity contribution < 1.29 is 30.2 Å². The molecule has 2 aromatic heterocycles. The first-order chi connectivity index (χ1) is 16.8. The van der Waals surface area contributed by atoms with Crippen molar-refractivity contribution >= 4 is 29.1 Å². The van der Waals surface area contributed by atoms with Crippen LogP contribution in [0.1, 0.15) is 24.8 Å². The fourth-order valence-corrected chi connectivity index (χ4v) is 3.41. The van der Waals surface area contributed by atoms with E-state index in [1.165, 1.54) is 34.2 Å². The van der Waals surface area contributed by atoms with Gasteiger partial charge in [0.15, 0.2) is 5.65 Å². The summed E-state index contributed by atoms with van der Waals surface area (Å²) < 4.78 is 75.0. The number of alkyl halides is 2.